The van der Waals surface area contributed by atoms with Gasteiger partial charge in [0.2, 0.25) is 0 Å². The zero-order valence-corrected chi connectivity index (χ0v) is 17.8. The maximum atomic E-state index is 12.9. The number of para-hydroxylation sites is 1. The van der Waals surface area contributed by atoms with Crippen molar-refractivity contribution < 1.29 is 4.79 Å². The molecule has 0 radical (unpaired) electrons. The first kappa shape index (κ1) is 19.8. The van der Waals surface area contributed by atoms with Crippen LogP contribution in [0.1, 0.15) is 60.9 Å². The van der Waals surface area contributed by atoms with Gasteiger partial charge in [-0.15, -0.1) is 0 Å². The number of benzene rings is 2. The first-order chi connectivity index (χ1) is 14.1. The van der Waals surface area contributed by atoms with Crippen LogP contribution < -0.4 is 10.2 Å². The van der Waals surface area contributed by atoms with Gasteiger partial charge in [-0.05, 0) is 73.8 Å². The monoisotopic (exact) mass is 391 g/mol. The van der Waals surface area contributed by atoms with Gasteiger partial charge in [0.1, 0.15) is 0 Å². The first-order valence-electron chi connectivity index (χ1n) is 11.1. The highest BCUT2D eigenvalue weighted by atomic mass is 16.2. The highest BCUT2D eigenvalue weighted by Crippen LogP contribution is 2.26. The second kappa shape index (κ2) is 8.89. The molecule has 2 aliphatic rings. The van der Waals surface area contributed by atoms with Crippen molar-refractivity contribution in [2.75, 3.05) is 25.0 Å². The first-order valence-corrected chi connectivity index (χ1v) is 11.1. The molecular weight excluding hydrogens is 358 g/mol. The lowest BCUT2D eigenvalue weighted by atomic mass is 9.89. The Hall–Kier alpha value is -2.49. The number of hydrogen-bond acceptors (Lipinski definition) is 2. The third-order valence-corrected chi connectivity index (χ3v) is 6.41. The Labute approximate surface area is 174 Å². The van der Waals surface area contributed by atoms with Gasteiger partial charge in [0.25, 0.3) is 0 Å². The minimum absolute atomic E-state index is 0.00556. The number of nitrogens with one attached hydrogen (secondary N) is 1. The van der Waals surface area contributed by atoms with Crippen molar-refractivity contribution in [3.8, 4) is 0 Å². The molecule has 1 saturated heterocycles. The summed E-state index contributed by atoms with van der Waals surface area (Å²) < 4.78 is 0. The summed E-state index contributed by atoms with van der Waals surface area (Å²) in [4.78, 5) is 17.1. The fraction of sp³-hybridized carbons (Fsp3) is 0.480. The largest absolute Gasteiger partial charge is 0.371 e. The summed E-state index contributed by atoms with van der Waals surface area (Å²) in [5.41, 5.74) is 6.63. The number of aryl methyl sites for hydroxylation is 2. The molecule has 0 saturated carbocycles. The Morgan fingerprint density at radius 2 is 1.76 bits per heavy atom. The summed E-state index contributed by atoms with van der Waals surface area (Å²) in [5, 5.41) is 3.19. The Morgan fingerprint density at radius 1 is 1.03 bits per heavy atom. The van der Waals surface area contributed by atoms with Crippen LogP contribution in [0.2, 0.25) is 0 Å². The van der Waals surface area contributed by atoms with Crippen molar-refractivity contribution in [1.29, 1.82) is 0 Å². The predicted molar refractivity (Wildman–Crippen MR) is 119 cm³/mol. The van der Waals surface area contributed by atoms with Gasteiger partial charge in [0, 0.05) is 32.4 Å². The second-order valence-corrected chi connectivity index (χ2v) is 8.59. The molecule has 2 amide bonds. The predicted octanol–water partition coefficient (Wildman–Crippen LogP) is 5.07. The molecule has 4 rings (SSSR count). The summed E-state index contributed by atoms with van der Waals surface area (Å²) >= 11 is 0. The Bertz CT molecular complexity index is 857. The zero-order valence-electron chi connectivity index (χ0n) is 17.8. The van der Waals surface area contributed by atoms with E-state index in [4.69, 9.17) is 0 Å². The average Bonchev–Trinajstić information content (AvgIpc) is 3.28. The van der Waals surface area contributed by atoms with Gasteiger partial charge in [0.05, 0.1) is 6.04 Å². The molecule has 2 aromatic carbocycles. The number of nitrogens with zero attached hydrogens (tertiary/aromatic N) is 2. The van der Waals surface area contributed by atoms with E-state index >= 15 is 0 Å². The minimum Gasteiger partial charge on any atom is -0.371 e. The average molecular weight is 392 g/mol. The summed E-state index contributed by atoms with van der Waals surface area (Å²) in [6.07, 6.45) is 7.43. The van der Waals surface area contributed by atoms with Gasteiger partial charge < -0.3 is 15.1 Å². The number of carbonyl (C=O) groups is 1. The number of hydrogen-bond donors (Lipinski definition) is 1. The summed E-state index contributed by atoms with van der Waals surface area (Å²) in [6, 6.07) is 15.2. The van der Waals surface area contributed by atoms with Crippen LogP contribution in [0.5, 0.6) is 0 Å². The second-order valence-electron chi connectivity index (χ2n) is 8.59. The van der Waals surface area contributed by atoms with Crippen LogP contribution in [0, 0.1) is 0 Å². The molecule has 4 heteroatoms. The molecular formula is C25H33N3O. The third kappa shape index (κ3) is 4.58. The molecule has 1 fully saturated rings. The summed E-state index contributed by atoms with van der Waals surface area (Å²) in [6.45, 7) is 4.93. The van der Waals surface area contributed by atoms with Crippen LogP contribution >= 0.6 is 0 Å². The molecule has 1 aliphatic heterocycles. The normalized spacial score (nSPS) is 17.0. The van der Waals surface area contributed by atoms with Crippen molar-refractivity contribution in [2.45, 2.75) is 58.0 Å². The van der Waals surface area contributed by atoms with Crippen LogP contribution in [0.4, 0.5) is 10.5 Å². The molecule has 0 bridgehead atoms. The van der Waals surface area contributed by atoms with Crippen LogP contribution in [-0.2, 0) is 19.4 Å². The quantitative estimate of drug-likeness (QED) is 0.772. The Balaban J connectivity index is 1.40. The highest BCUT2D eigenvalue weighted by molar-refractivity contribution is 5.74. The van der Waals surface area contributed by atoms with E-state index in [1.807, 2.05) is 7.05 Å². The van der Waals surface area contributed by atoms with Gasteiger partial charge in [0.15, 0.2) is 0 Å². The number of fused-ring (bicyclic) bond motifs is 1. The van der Waals surface area contributed by atoms with E-state index < -0.39 is 0 Å². The third-order valence-electron chi connectivity index (χ3n) is 6.41. The number of carbonyl (C=O) groups excluding carboxylic acids is 1. The maximum Gasteiger partial charge on any atom is 0.317 e. The molecule has 1 heterocycles. The fourth-order valence-corrected chi connectivity index (χ4v) is 4.64. The topological polar surface area (TPSA) is 35.6 Å². The Kier molecular flexibility index (Phi) is 6.08. The molecule has 4 nitrogen and oxygen atoms in total. The van der Waals surface area contributed by atoms with Crippen LogP contribution in [0.15, 0.2) is 42.5 Å². The molecule has 0 spiro atoms. The van der Waals surface area contributed by atoms with Crippen LogP contribution in [0.25, 0.3) is 0 Å². The Morgan fingerprint density at radius 3 is 2.55 bits per heavy atom. The molecule has 1 atom stereocenters. The van der Waals surface area contributed by atoms with Crippen molar-refractivity contribution in [3.63, 3.8) is 0 Å². The van der Waals surface area contributed by atoms with Gasteiger partial charge in [-0.1, -0.05) is 36.4 Å². The molecule has 1 unspecified atom stereocenters. The van der Waals surface area contributed by atoms with Crippen LogP contribution in [-0.4, -0.2) is 31.1 Å². The number of amides is 2. The molecule has 0 aromatic heterocycles. The molecule has 154 valence electrons. The van der Waals surface area contributed by atoms with Gasteiger partial charge in [-0.25, -0.2) is 4.79 Å². The fourth-order valence-electron chi connectivity index (χ4n) is 4.64. The lowest BCUT2D eigenvalue weighted by Crippen LogP contribution is -2.38. The van der Waals surface area contributed by atoms with E-state index in [2.05, 4.69) is 59.6 Å². The van der Waals surface area contributed by atoms with Crippen LogP contribution in [0.3, 0.4) is 0 Å². The number of anilines is 1. The molecule has 1 N–H and O–H groups in total. The van der Waals surface area contributed by atoms with Crippen molar-refractivity contribution in [2.24, 2.45) is 0 Å². The SMILES string of the molecule is CC(NC(=O)N(C)Cc1ccccc1N1CCCC1)c1ccc2c(c1)CCCC2. The maximum absolute atomic E-state index is 12.9. The molecule has 2 aromatic rings. The number of rotatable bonds is 5. The van der Waals surface area contributed by atoms with E-state index in [1.165, 1.54) is 60.0 Å². The van der Waals surface area contributed by atoms with E-state index in [9.17, 15) is 4.79 Å². The van der Waals surface area contributed by atoms with Gasteiger partial charge >= 0.3 is 6.03 Å². The van der Waals surface area contributed by atoms with Crippen molar-refractivity contribution in [3.05, 3.63) is 64.7 Å². The van der Waals surface area contributed by atoms with Gasteiger partial charge in [-0.3, -0.25) is 0 Å². The molecule has 29 heavy (non-hydrogen) atoms. The van der Waals surface area contributed by atoms with Crippen molar-refractivity contribution in [1.82, 2.24) is 10.2 Å². The van der Waals surface area contributed by atoms with Crippen molar-refractivity contribution >= 4 is 11.7 Å². The lowest BCUT2D eigenvalue weighted by molar-refractivity contribution is 0.203. The molecule has 1 aliphatic carbocycles. The van der Waals surface area contributed by atoms with E-state index in [0.29, 0.717) is 6.54 Å². The lowest BCUT2D eigenvalue weighted by Gasteiger charge is -2.26. The van der Waals surface area contributed by atoms with E-state index in [1.54, 1.807) is 4.90 Å². The highest BCUT2D eigenvalue weighted by Gasteiger charge is 2.19. The smallest absolute Gasteiger partial charge is 0.317 e. The summed E-state index contributed by atoms with van der Waals surface area (Å²) in [5.74, 6) is 0. The summed E-state index contributed by atoms with van der Waals surface area (Å²) in [7, 11) is 1.88. The van der Waals surface area contributed by atoms with E-state index in [-0.39, 0.29) is 12.1 Å². The van der Waals surface area contributed by atoms with Gasteiger partial charge in [-0.2, -0.15) is 0 Å². The minimum atomic E-state index is -0.0218. The zero-order chi connectivity index (χ0) is 20.2. The number of urea groups is 1. The standard InChI is InChI=1S/C25H33N3O/c1-19(21-14-13-20-9-3-4-10-22(20)17-21)26-25(29)27(2)18-23-11-5-6-12-24(23)28-15-7-8-16-28/h5-6,11-14,17,19H,3-4,7-10,15-16,18H2,1-2H3,(H,26,29). The van der Waals surface area contributed by atoms with E-state index in [0.717, 1.165) is 19.5 Å².